The predicted molar refractivity (Wildman–Crippen MR) is 59.4 cm³/mol. The monoisotopic (exact) mass is 220 g/mol. The molecular formula is C10H22NO2S-. The van der Waals surface area contributed by atoms with Crippen molar-refractivity contribution in [1.29, 1.82) is 0 Å². The van der Waals surface area contributed by atoms with Crippen LogP contribution in [0.5, 0.6) is 0 Å². The zero-order valence-corrected chi connectivity index (χ0v) is 10.0. The minimum Gasteiger partial charge on any atom is -0.771 e. The minimum atomic E-state index is -2.10. The molecule has 0 fully saturated rings. The summed E-state index contributed by atoms with van der Waals surface area (Å²) in [5.41, 5.74) is 5.37. The molecule has 2 atom stereocenters. The van der Waals surface area contributed by atoms with Crippen LogP contribution in [0, 0.1) is 5.92 Å². The van der Waals surface area contributed by atoms with Gasteiger partial charge in [0.05, 0.1) is 5.37 Å². The van der Waals surface area contributed by atoms with E-state index < -0.39 is 16.5 Å². The fraction of sp³-hybridized carbons (Fsp3) is 1.00. The Balaban J connectivity index is 3.17. The van der Waals surface area contributed by atoms with Gasteiger partial charge in [-0.25, -0.2) is 0 Å². The summed E-state index contributed by atoms with van der Waals surface area (Å²) in [5.74, 6) is 0.770. The largest absolute Gasteiger partial charge is 0.771 e. The van der Waals surface area contributed by atoms with Gasteiger partial charge in [-0.2, -0.15) is 0 Å². The van der Waals surface area contributed by atoms with Gasteiger partial charge in [-0.1, -0.05) is 46.0 Å². The summed E-state index contributed by atoms with van der Waals surface area (Å²) < 4.78 is 20.8. The normalized spacial score (nSPS) is 15.8. The Morgan fingerprint density at radius 2 is 1.64 bits per heavy atom. The molecule has 4 heteroatoms. The Hall–Kier alpha value is 0.0700. The lowest BCUT2D eigenvalue weighted by molar-refractivity contribution is 0.496. The summed E-state index contributed by atoms with van der Waals surface area (Å²) in [4.78, 5) is 0. The van der Waals surface area contributed by atoms with E-state index in [9.17, 15) is 8.76 Å². The third kappa shape index (κ3) is 8.66. The van der Waals surface area contributed by atoms with Crippen molar-refractivity contribution in [3.63, 3.8) is 0 Å². The van der Waals surface area contributed by atoms with Crippen molar-refractivity contribution in [1.82, 2.24) is 0 Å². The highest BCUT2D eigenvalue weighted by Gasteiger charge is 2.01. The van der Waals surface area contributed by atoms with Crippen molar-refractivity contribution in [3.05, 3.63) is 0 Å². The number of unbranched alkanes of at least 4 members (excludes halogenated alkanes) is 3. The Morgan fingerprint density at radius 1 is 1.14 bits per heavy atom. The molecule has 0 radical (unpaired) electrons. The fourth-order valence-corrected chi connectivity index (χ4v) is 1.71. The van der Waals surface area contributed by atoms with E-state index in [0.717, 1.165) is 18.8 Å². The third-order valence-electron chi connectivity index (χ3n) is 2.27. The summed E-state index contributed by atoms with van der Waals surface area (Å²) in [6, 6.07) is 0. The molecule has 0 saturated heterocycles. The van der Waals surface area contributed by atoms with E-state index in [2.05, 4.69) is 13.8 Å². The number of hydrogen-bond acceptors (Lipinski definition) is 3. The Morgan fingerprint density at radius 3 is 2.07 bits per heavy atom. The van der Waals surface area contributed by atoms with Crippen LogP contribution in [-0.4, -0.2) is 14.1 Å². The molecule has 86 valence electrons. The lowest BCUT2D eigenvalue weighted by Crippen LogP contribution is -2.25. The van der Waals surface area contributed by atoms with Crippen molar-refractivity contribution in [3.8, 4) is 0 Å². The molecule has 0 aliphatic heterocycles. The van der Waals surface area contributed by atoms with Gasteiger partial charge in [0, 0.05) is 0 Å². The Bertz CT molecular complexity index is 162. The summed E-state index contributed by atoms with van der Waals surface area (Å²) in [5, 5.41) is -0.667. The zero-order chi connectivity index (χ0) is 11.0. The maximum atomic E-state index is 10.4. The van der Waals surface area contributed by atoms with Gasteiger partial charge < -0.3 is 10.3 Å². The van der Waals surface area contributed by atoms with Crippen LogP contribution in [0.1, 0.15) is 52.4 Å². The average molecular weight is 220 g/mol. The molecule has 0 aromatic heterocycles. The minimum absolute atomic E-state index is 0.595. The summed E-state index contributed by atoms with van der Waals surface area (Å²) >= 11 is -2.10. The number of rotatable bonds is 8. The Labute approximate surface area is 89.7 Å². The first-order valence-electron chi connectivity index (χ1n) is 5.37. The smallest absolute Gasteiger partial charge is 0.0676 e. The van der Waals surface area contributed by atoms with Gasteiger partial charge in [0.15, 0.2) is 0 Å². The van der Waals surface area contributed by atoms with E-state index in [0.29, 0.717) is 6.42 Å². The summed E-state index contributed by atoms with van der Waals surface area (Å²) in [6.07, 6.45) is 6.31. The standard InChI is InChI=1S/C10H23NO2S/c1-9(2)7-5-3-4-6-8-10(11)14(12)13/h9-10H,3-8,11H2,1-2H3,(H,12,13)/p-1. The molecule has 0 heterocycles. The van der Waals surface area contributed by atoms with Gasteiger partial charge in [-0.05, 0) is 23.4 Å². The molecule has 0 aromatic carbocycles. The van der Waals surface area contributed by atoms with Crippen molar-refractivity contribution >= 4 is 11.1 Å². The molecule has 0 bridgehead atoms. The van der Waals surface area contributed by atoms with Gasteiger partial charge >= 0.3 is 0 Å². The van der Waals surface area contributed by atoms with E-state index in [-0.39, 0.29) is 0 Å². The van der Waals surface area contributed by atoms with E-state index in [1.54, 1.807) is 0 Å². The van der Waals surface area contributed by atoms with Crippen LogP contribution in [0.4, 0.5) is 0 Å². The van der Waals surface area contributed by atoms with Crippen molar-refractivity contribution in [2.75, 3.05) is 0 Å². The zero-order valence-electron chi connectivity index (χ0n) is 9.20. The molecule has 0 aliphatic rings. The molecule has 0 aromatic rings. The van der Waals surface area contributed by atoms with Gasteiger partial charge in [-0.3, -0.25) is 4.21 Å². The third-order valence-corrected chi connectivity index (χ3v) is 3.00. The van der Waals surface area contributed by atoms with Crippen LogP contribution in [0.25, 0.3) is 0 Å². The van der Waals surface area contributed by atoms with E-state index in [1.807, 2.05) is 0 Å². The lowest BCUT2D eigenvalue weighted by Gasteiger charge is -2.13. The molecule has 0 spiro atoms. The molecule has 0 rings (SSSR count). The fourth-order valence-electron chi connectivity index (χ4n) is 1.35. The average Bonchev–Trinajstić information content (AvgIpc) is 2.09. The molecule has 14 heavy (non-hydrogen) atoms. The highest BCUT2D eigenvalue weighted by atomic mass is 32.2. The number of nitrogens with two attached hydrogens (primary N) is 1. The summed E-state index contributed by atoms with van der Waals surface area (Å²) in [7, 11) is 0. The van der Waals surface area contributed by atoms with Crippen LogP contribution in [0.15, 0.2) is 0 Å². The maximum Gasteiger partial charge on any atom is 0.0676 e. The second-order valence-electron chi connectivity index (χ2n) is 4.18. The molecule has 0 saturated carbocycles. The first kappa shape index (κ1) is 14.1. The molecule has 2 N–H and O–H groups in total. The van der Waals surface area contributed by atoms with E-state index in [1.165, 1.54) is 19.3 Å². The quantitative estimate of drug-likeness (QED) is 0.503. The molecule has 0 aliphatic carbocycles. The van der Waals surface area contributed by atoms with Gasteiger partial charge in [0.1, 0.15) is 0 Å². The predicted octanol–water partition coefficient (Wildman–Crippen LogP) is 2.15. The maximum absolute atomic E-state index is 10.4. The van der Waals surface area contributed by atoms with Gasteiger partial charge in [-0.15, -0.1) is 0 Å². The summed E-state index contributed by atoms with van der Waals surface area (Å²) in [6.45, 7) is 4.44. The first-order valence-corrected chi connectivity index (χ1v) is 6.51. The topological polar surface area (TPSA) is 66.2 Å². The van der Waals surface area contributed by atoms with Crippen molar-refractivity contribution < 1.29 is 8.76 Å². The van der Waals surface area contributed by atoms with Crippen LogP contribution in [-0.2, 0) is 11.1 Å². The molecular weight excluding hydrogens is 198 g/mol. The Kier molecular flexibility index (Phi) is 8.43. The van der Waals surface area contributed by atoms with Crippen LogP contribution >= 0.6 is 0 Å². The molecule has 3 nitrogen and oxygen atoms in total. The van der Waals surface area contributed by atoms with Gasteiger partial charge in [0.25, 0.3) is 0 Å². The number of hydrogen-bond donors (Lipinski definition) is 1. The SMILES string of the molecule is CC(C)CCCCCCC(N)S(=O)[O-]. The lowest BCUT2D eigenvalue weighted by atomic mass is 10.0. The second-order valence-corrected chi connectivity index (χ2v) is 5.31. The van der Waals surface area contributed by atoms with Crippen molar-refractivity contribution in [2.24, 2.45) is 11.7 Å². The van der Waals surface area contributed by atoms with E-state index in [4.69, 9.17) is 5.73 Å². The van der Waals surface area contributed by atoms with E-state index >= 15 is 0 Å². The molecule has 0 amide bonds. The van der Waals surface area contributed by atoms with Gasteiger partial charge in [0.2, 0.25) is 0 Å². The van der Waals surface area contributed by atoms with Crippen molar-refractivity contribution in [2.45, 2.75) is 57.7 Å². The van der Waals surface area contributed by atoms with Crippen LogP contribution < -0.4 is 5.73 Å². The first-order chi connectivity index (χ1) is 6.54. The van der Waals surface area contributed by atoms with Crippen LogP contribution in [0.3, 0.4) is 0 Å². The highest BCUT2D eigenvalue weighted by Crippen LogP contribution is 2.11. The second kappa shape index (κ2) is 8.38. The molecule has 2 unspecified atom stereocenters. The highest BCUT2D eigenvalue weighted by molar-refractivity contribution is 7.79. The van der Waals surface area contributed by atoms with Crippen LogP contribution in [0.2, 0.25) is 0 Å².